The Labute approximate surface area is 129 Å². The number of ketones is 1. The molecule has 2 rings (SSSR count). The quantitative estimate of drug-likeness (QED) is 0.369. The fourth-order valence-corrected chi connectivity index (χ4v) is 2.76. The highest BCUT2D eigenvalue weighted by molar-refractivity contribution is 7.91. The van der Waals surface area contributed by atoms with Gasteiger partial charge in [0.25, 0.3) is 0 Å². The standard InChI is InChI=1S/C14H9FO7S/c15-8-1-3-9(4-2-8)23(20,21)13-6-5-12(22-13)10(16)7-11(17)14(18)19/h1-7,17H,(H,18,19). The second-order valence-electron chi connectivity index (χ2n) is 4.28. The smallest absolute Gasteiger partial charge is 0.371 e. The first-order valence-electron chi connectivity index (χ1n) is 6.00. The van der Waals surface area contributed by atoms with Crippen LogP contribution in [0.2, 0.25) is 0 Å². The van der Waals surface area contributed by atoms with Crippen molar-refractivity contribution in [3.05, 3.63) is 59.8 Å². The number of hydrogen-bond acceptors (Lipinski definition) is 6. The van der Waals surface area contributed by atoms with E-state index < -0.39 is 44.0 Å². The maximum atomic E-state index is 12.8. The molecule has 0 aliphatic rings. The van der Waals surface area contributed by atoms with Crippen molar-refractivity contribution in [3.8, 4) is 0 Å². The first kappa shape index (κ1) is 16.4. The molecule has 1 heterocycles. The number of carboxylic acid groups (broad SMARTS) is 1. The van der Waals surface area contributed by atoms with Crippen LogP contribution in [0.1, 0.15) is 10.6 Å². The molecule has 2 aromatic rings. The zero-order valence-electron chi connectivity index (χ0n) is 11.3. The Morgan fingerprint density at radius 2 is 1.65 bits per heavy atom. The highest BCUT2D eigenvalue weighted by atomic mass is 32.2. The van der Waals surface area contributed by atoms with Gasteiger partial charge in [0, 0.05) is 6.08 Å². The number of carbonyl (C=O) groups excluding carboxylic acids is 1. The van der Waals surface area contributed by atoms with Gasteiger partial charge in [0.1, 0.15) is 5.82 Å². The number of aliphatic hydroxyl groups is 1. The number of carbonyl (C=O) groups is 2. The van der Waals surface area contributed by atoms with E-state index in [9.17, 15) is 22.4 Å². The molecule has 120 valence electrons. The number of rotatable bonds is 5. The SMILES string of the molecule is O=C(O)C(O)=CC(=O)c1ccc(S(=O)(=O)c2ccc(F)cc2)o1. The van der Waals surface area contributed by atoms with Gasteiger partial charge in [-0.1, -0.05) is 0 Å². The van der Waals surface area contributed by atoms with Crippen molar-refractivity contribution < 1.29 is 37.0 Å². The summed E-state index contributed by atoms with van der Waals surface area (Å²) in [5.41, 5.74) is 0. The predicted octanol–water partition coefficient (Wildman–Crippen LogP) is 1.96. The molecule has 0 amide bonds. The number of benzene rings is 1. The van der Waals surface area contributed by atoms with E-state index in [1.165, 1.54) is 0 Å². The van der Waals surface area contributed by atoms with Crippen LogP contribution in [0.3, 0.4) is 0 Å². The van der Waals surface area contributed by atoms with Crippen LogP contribution < -0.4 is 0 Å². The van der Waals surface area contributed by atoms with Crippen molar-refractivity contribution in [2.75, 3.05) is 0 Å². The number of carboxylic acids is 1. The minimum Gasteiger partial charge on any atom is -0.502 e. The van der Waals surface area contributed by atoms with Crippen molar-refractivity contribution in [1.82, 2.24) is 0 Å². The minimum absolute atomic E-state index is 0.240. The summed E-state index contributed by atoms with van der Waals surface area (Å²) in [6.07, 6.45) is 0.384. The molecule has 0 saturated heterocycles. The van der Waals surface area contributed by atoms with Gasteiger partial charge in [0.15, 0.2) is 5.76 Å². The Kier molecular flexibility index (Phi) is 4.32. The first-order valence-corrected chi connectivity index (χ1v) is 7.49. The third-order valence-electron chi connectivity index (χ3n) is 2.70. The van der Waals surface area contributed by atoms with Crippen LogP contribution >= 0.6 is 0 Å². The molecule has 0 radical (unpaired) electrons. The van der Waals surface area contributed by atoms with Crippen molar-refractivity contribution in [2.24, 2.45) is 0 Å². The van der Waals surface area contributed by atoms with E-state index in [2.05, 4.69) is 0 Å². The Morgan fingerprint density at radius 1 is 1.04 bits per heavy atom. The van der Waals surface area contributed by atoms with Crippen LogP contribution in [-0.4, -0.2) is 30.4 Å². The van der Waals surface area contributed by atoms with Gasteiger partial charge in [-0.3, -0.25) is 4.79 Å². The molecule has 9 heteroatoms. The lowest BCUT2D eigenvalue weighted by Gasteiger charge is -2.00. The van der Waals surface area contributed by atoms with Crippen molar-refractivity contribution >= 4 is 21.6 Å². The summed E-state index contributed by atoms with van der Waals surface area (Å²) < 4.78 is 42.2. The maximum absolute atomic E-state index is 12.8. The highest BCUT2D eigenvalue weighted by Crippen LogP contribution is 2.23. The lowest BCUT2D eigenvalue weighted by Crippen LogP contribution is -2.03. The molecule has 0 saturated carbocycles. The van der Waals surface area contributed by atoms with Crippen molar-refractivity contribution in [3.63, 3.8) is 0 Å². The van der Waals surface area contributed by atoms with E-state index in [0.717, 1.165) is 36.4 Å². The minimum atomic E-state index is -4.10. The summed E-state index contributed by atoms with van der Waals surface area (Å²) in [5.74, 6) is -5.05. The molecule has 0 bridgehead atoms. The molecule has 7 nitrogen and oxygen atoms in total. The normalized spacial score (nSPS) is 12.1. The molecule has 0 fully saturated rings. The van der Waals surface area contributed by atoms with E-state index in [4.69, 9.17) is 14.6 Å². The maximum Gasteiger partial charge on any atom is 0.371 e. The number of hydrogen-bond donors (Lipinski definition) is 2. The second kappa shape index (κ2) is 6.05. The molecular weight excluding hydrogens is 331 g/mol. The average Bonchev–Trinajstić information content (AvgIpc) is 2.98. The van der Waals surface area contributed by atoms with Crippen molar-refractivity contribution in [1.29, 1.82) is 0 Å². The molecular formula is C14H9FO7S. The van der Waals surface area contributed by atoms with Crippen LogP contribution in [0.4, 0.5) is 4.39 Å². The topological polar surface area (TPSA) is 122 Å². The fourth-order valence-electron chi connectivity index (χ4n) is 1.58. The monoisotopic (exact) mass is 340 g/mol. The van der Waals surface area contributed by atoms with Gasteiger partial charge in [-0.05, 0) is 36.4 Å². The van der Waals surface area contributed by atoms with E-state index in [0.29, 0.717) is 6.08 Å². The third kappa shape index (κ3) is 3.46. The molecule has 1 aromatic carbocycles. The van der Waals surface area contributed by atoms with Crippen LogP contribution in [-0.2, 0) is 14.6 Å². The lowest BCUT2D eigenvalue weighted by atomic mass is 10.2. The predicted molar refractivity (Wildman–Crippen MR) is 73.2 cm³/mol. The lowest BCUT2D eigenvalue weighted by molar-refractivity contribution is -0.135. The molecule has 0 spiro atoms. The number of furan rings is 1. The van der Waals surface area contributed by atoms with E-state index in [1.807, 2.05) is 0 Å². The Bertz CT molecular complexity index is 891. The summed E-state index contributed by atoms with van der Waals surface area (Å²) in [5, 5.41) is 16.9. The molecule has 0 aliphatic carbocycles. The number of allylic oxidation sites excluding steroid dienone is 1. The van der Waals surface area contributed by atoms with E-state index in [1.54, 1.807) is 0 Å². The van der Waals surface area contributed by atoms with Gasteiger partial charge in [0.2, 0.25) is 26.5 Å². The number of aliphatic hydroxyl groups excluding tert-OH is 1. The number of halogens is 1. The van der Waals surface area contributed by atoms with Crippen LogP contribution in [0.15, 0.2) is 62.6 Å². The van der Waals surface area contributed by atoms with Gasteiger partial charge >= 0.3 is 5.97 Å². The summed E-state index contributed by atoms with van der Waals surface area (Å²) >= 11 is 0. The molecule has 2 N–H and O–H groups in total. The van der Waals surface area contributed by atoms with Gasteiger partial charge < -0.3 is 14.6 Å². The zero-order chi connectivity index (χ0) is 17.2. The molecule has 23 heavy (non-hydrogen) atoms. The second-order valence-corrected chi connectivity index (χ2v) is 6.16. The molecule has 0 atom stereocenters. The molecule has 1 aromatic heterocycles. The highest BCUT2D eigenvalue weighted by Gasteiger charge is 2.23. The third-order valence-corrected chi connectivity index (χ3v) is 4.34. The van der Waals surface area contributed by atoms with Gasteiger partial charge in [0.05, 0.1) is 4.90 Å². The average molecular weight is 340 g/mol. The Hall–Kier alpha value is -2.94. The van der Waals surface area contributed by atoms with Crippen molar-refractivity contribution in [2.45, 2.75) is 9.99 Å². The van der Waals surface area contributed by atoms with Gasteiger partial charge in [-0.25, -0.2) is 17.6 Å². The zero-order valence-corrected chi connectivity index (χ0v) is 12.1. The summed E-state index contributed by atoms with van der Waals surface area (Å²) in [4.78, 5) is 21.8. The van der Waals surface area contributed by atoms with Gasteiger partial charge in [-0.2, -0.15) is 0 Å². The molecule has 0 aliphatic heterocycles. The first-order chi connectivity index (χ1) is 10.7. The summed E-state index contributed by atoms with van der Waals surface area (Å²) in [6.45, 7) is 0. The van der Waals surface area contributed by atoms with Gasteiger partial charge in [-0.15, -0.1) is 0 Å². The fraction of sp³-hybridized carbons (Fsp3) is 0. The Balaban J connectivity index is 2.35. The van der Waals surface area contributed by atoms with Crippen LogP contribution in [0.25, 0.3) is 0 Å². The largest absolute Gasteiger partial charge is 0.502 e. The summed E-state index contributed by atoms with van der Waals surface area (Å²) in [7, 11) is -4.10. The number of aliphatic carboxylic acids is 1. The molecule has 0 unspecified atom stereocenters. The van der Waals surface area contributed by atoms with Crippen LogP contribution in [0.5, 0.6) is 0 Å². The van der Waals surface area contributed by atoms with E-state index in [-0.39, 0.29) is 4.90 Å². The Morgan fingerprint density at radius 3 is 2.22 bits per heavy atom. The van der Waals surface area contributed by atoms with E-state index >= 15 is 0 Å². The van der Waals surface area contributed by atoms with Crippen LogP contribution in [0, 0.1) is 5.82 Å². The number of sulfone groups is 1. The summed E-state index contributed by atoms with van der Waals surface area (Å²) in [6, 6.07) is 5.99.